The van der Waals surface area contributed by atoms with Gasteiger partial charge in [-0.3, -0.25) is 4.98 Å². The first-order valence-corrected chi connectivity index (χ1v) is 8.63. The first kappa shape index (κ1) is 18.3. The molecule has 0 saturated carbocycles. The highest BCUT2D eigenvalue weighted by molar-refractivity contribution is 5.92. The van der Waals surface area contributed by atoms with Gasteiger partial charge in [0.1, 0.15) is 35.6 Å². The molecule has 0 radical (unpaired) electrons. The number of aliphatic hydroxyl groups excluding tert-OH is 2. The van der Waals surface area contributed by atoms with Crippen LogP contribution in [0.2, 0.25) is 0 Å². The number of ether oxygens (including phenoxy) is 1. The summed E-state index contributed by atoms with van der Waals surface area (Å²) in [5, 5.41) is 31.0. The summed E-state index contributed by atoms with van der Waals surface area (Å²) in [6.45, 7) is 1.01. The Labute approximate surface area is 160 Å². The molecule has 1 saturated heterocycles. The van der Waals surface area contributed by atoms with Crippen molar-refractivity contribution in [2.45, 2.75) is 31.0 Å². The van der Waals surface area contributed by atoms with Crippen molar-refractivity contribution in [3.8, 4) is 11.8 Å². The van der Waals surface area contributed by atoms with E-state index in [1.54, 1.807) is 35.3 Å². The number of nitrogens with zero attached hydrogens (tertiary/aromatic N) is 4. The first-order valence-electron chi connectivity index (χ1n) is 8.63. The molecule has 5 N–H and O–H groups in total. The van der Waals surface area contributed by atoms with Gasteiger partial charge in [0.15, 0.2) is 6.23 Å². The smallest absolute Gasteiger partial charge is 0.167 e. The van der Waals surface area contributed by atoms with Gasteiger partial charge in [-0.15, -0.1) is 0 Å². The molecule has 0 aromatic carbocycles. The van der Waals surface area contributed by atoms with E-state index in [1.807, 2.05) is 0 Å². The van der Waals surface area contributed by atoms with Gasteiger partial charge < -0.3 is 30.4 Å². The van der Waals surface area contributed by atoms with Gasteiger partial charge in [0, 0.05) is 24.2 Å². The Balaban J connectivity index is 1.85. The monoisotopic (exact) mass is 381 g/mol. The van der Waals surface area contributed by atoms with Gasteiger partial charge in [0.25, 0.3) is 0 Å². The van der Waals surface area contributed by atoms with Crippen molar-refractivity contribution in [3.63, 3.8) is 0 Å². The molecule has 0 aliphatic carbocycles. The highest BCUT2D eigenvalue weighted by atomic mass is 16.6. The van der Waals surface area contributed by atoms with Crippen LogP contribution in [0.1, 0.15) is 24.3 Å². The lowest BCUT2D eigenvalue weighted by Gasteiger charge is -2.27. The lowest BCUT2D eigenvalue weighted by Crippen LogP contribution is -2.44. The predicted octanol–water partition coefficient (Wildman–Crippen LogP) is -0.190. The minimum Gasteiger partial charge on any atom is -0.394 e. The summed E-state index contributed by atoms with van der Waals surface area (Å²) in [5.74, 6) is 6.31. The van der Waals surface area contributed by atoms with Crippen molar-refractivity contribution in [1.82, 2.24) is 19.5 Å². The van der Waals surface area contributed by atoms with E-state index in [0.717, 1.165) is 5.56 Å². The van der Waals surface area contributed by atoms with Gasteiger partial charge in [0.2, 0.25) is 0 Å². The summed E-state index contributed by atoms with van der Waals surface area (Å²) in [7, 11) is 0. The summed E-state index contributed by atoms with van der Waals surface area (Å²) < 4.78 is 7.26. The van der Waals surface area contributed by atoms with Crippen LogP contribution in [0, 0.1) is 11.8 Å². The molecule has 9 nitrogen and oxygen atoms in total. The lowest BCUT2D eigenvalue weighted by molar-refractivity contribution is -0.0948. The molecule has 3 aromatic heterocycles. The molecule has 4 heterocycles. The number of rotatable bonds is 2. The van der Waals surface area contributed by atoms with Crippen molar-refractivity contribution in [3.05, 3.63) is 48.2 Å². The highest BCUT2D eigenvalue weighted by Crippen LogP contribution is 2.40. The van der Waals surface area contributed by atoms with Crippen LogP contribution in [0.15, 0.2) is 37.1 Å². The Hall–Kier alpha value is -3.03. The summed E-state index contributed by atoms with van der Waals surface area (Å²) in [6.07, 6.45) is 3.05. The Kier molecular flexibility index (Phi) is 4.49. The maximum Gasteiger partial charge on any atom is 0.167 e. The van der Waals surface area contributed by atoms with Crippen molar-refractivity contribution in [2.75, 3.05) is 12.3 Å². The van der Waals surface area contributed by atoms with E-state index in [9.17, 15) is 15.3 Å². The SMILES string of the molecule is C[C@@]1(O)C(O)C(CO)OC1n1cc(C#Cc2ccncc2)c2c(N)ncnc21. The van der Waals surface area contributed by atoms with Crippen LogP contribution < -0.4 is 5.73 Å². The minimum atomic E-state index is -1.66. The molecule has 1 fully saturated rings. The maximum atomic E-state index is 10.8. The molecule has 28 heavy (non-hydrogen) atoms. The van der Waals surface area contributed by atoms with Gasteiger partial charge >= 0.3 is 0 Å². The largest absolute Gasteiger partial charge is 0.394 e. The third-order valence-electron chi connectivity index (χ3n) is 4.85. The highest BCUT2D eigenvalue weighted by Gasteiger charge is 2.53. The first-order chi connectivity index (χ1) is 13.4. The number of hydrogen-bond donors (Lipinski definition) is 4. The van der Waals surface area contributed by atoms with Crippen LogP contribution in [-0.2, 0) is 4.74 Å². The zero-order valence-electron chi connectivity index (χ0n) is 15.0. The molecule has 9 heteroatoms. The van der Waals surface area contributed by atoms with Crippen molar-refractivity contribution < 1.29 is 20.1 Å². The number of hydrogen-bond acceptors (Lipinski definition) is 8. The fourth-order valence-corrected chi connectivity index (χ4v) is 3.35. The number of aliphatic hydroxyl groups is 3. The van der Waals surface area contributed by atoms with E-state index in [2.05, 4.69) is 26.8 Å². The fraction of sp³-hybridized carbons (Fsp3) is 0.316. The van der Waals surface area contributed by atoms with Gasteiger partial charge in [-0.2, -0.15) is 0 Å². The van der Waals surface area contributed by atoms with Crippen LogP contribution >= 0.6 is 0 Å². The van der Waals surface area contributed by atoms with E-state index in [0.29, 0.717) is 16.6 Å². The Morgan fingerprint density at radius 2 is 2.04 bits per heavy atom. The molecule has 144 valence electrons. The van der Waals surface area contributed by atoms with Crippen molar-refractivity contribution >= 4 is 16.9 Å². The molecule has 3 unspecified atom stereocenters. The fourth-order valence-electron chi connectivity index (χ4n) is 3.35. The van der Waals surface area contributed by atoms with Gasteiger partial charge in [-0.1, -0.05) is 11.8 Å². The number of nitrogens with two attached hydrogens (primary N) is 1. The Morgan fingerprint density at radius 1 is 1.29 bits per heavy atom. The topological polar surface area (TPSA) is 140 Å². The number of fused-ring (bicyclic) bond motifs is 1. The molecule has 0 amide bonds. The van der Waals surface area contributed by atoms with Crippen LogP contribution in [0.4, 0.5) is 5.82 Å². The number of anilines is 1. The summed E-state index contributed by atoms with van der Waals surface area (Å²) in [6, 6.07) is 3.55. The number of nitrogen functional groups attached to an aromatic ring is 1. The van der Waals surface area contributed by atoms with Crippen LogP contribution in [0.3, 0.4) is 0 Å². The molecule has 4 rings (SSSR count). The van der Waals surface area contributed by atoms with Crippen molar-refractivity contribution in [1.29, 1.82) is 0 Å². The average Bonchev–Trinajstić information content (AvgIpc) is 3.17. The predicted molar refractivity (Wildman–Crippen MR) is 99.8 cm³/mol. The van der Waals surface area contributed by atoms with Crippen LogP contribution in [0.5, 0.6) is 0 Å². The maximum absolute atomic E-state index is 10.8. The van der Waals surface area contributed by atoms with E-state index < -0.39 is 30.6 Å². The van der Waals surface area contributed by atoms with E-state index in [4.69, 9.17) is 10.5 Å². The Morgan fingerprint density at radius 3 is 2.71 bits per heavy atom. The van der Waals surface area contributed by atoms with E-state index in [1.165, 1.54) is 13.3 Å². The zero-order chi connectivity index (χ0) is 19.9. The zero-order valence-corrected chi connectivity index (χ0v) is 15.0. The average molecular weight is 381 g/mol. The molecular formula is C19H19N5O4. The normalized spacial score (nSPS) is 26.9. The summed E-state index contributed by atoms with van der Waals surface area (Å²) in [5.41, 5.74) is 6.12. The molecule has 3 aromatic rings. The minimum absolute atomic E-state index is 0.236. The van der Waals surface area contributed by atoms with E-state index in [-0.39, 0.29) is 5.82 Å². The third-order valence-corrected chi connectivity index (χ3v) is 4.85. The standard InChI is InChI=1S/C19H19N5O4/c1-19(27)15(26)13(9-25)28-18(19)24-8-12(3-2-11-4-6-21-7-5-11)14-16(20)22-10-23-17(14)24/h4-8,10,13,15,18,25-27H,9H2,1H3,(H2,20,22,23)/t13?,15?,18?,19-/m1/s1. The third kappa shape index (κ3) is 2.89. The van der Waals surface area contributed by atoms with Crippen LogP contribution in [-0.4, -0.2) is 59.3 Å². The molecule has 0 spiro atoms. The second-order valence-electron chi connectivity index (χ2n) is 6.77. The molecule has 1 aliphatic heterocycles. The molecule has 4 atom stereocenters. The quantitative estimate of drug-likeness (QED) is 0.448. The second kappa shape index (κ2) is 6.85. The summed E-state index contributed by atoms with van der Waals surface area (Å²) in [4.78, 5) is 12.2. The Bertz CT molecular complexity index is 1070. The molecular weight excluding hydrogens is 362 g/mol. The molecule has 1 aliphatic rings. The number of aromatic nitrogens is 4. The number of pyridine rings is 1. The van der Waals surface area contributed by atoms with Gasteiger partial charge in [0.05, 0.1) is 17.6 Å². The van der Waals surface area contributed by atoms with Crippen molar-refractivity contribution in [2.24, 2.45) is 0 Å². The summed E-state index contributed by atoms with van der Waals surface area (Å²) >= 11 is 0. The van der Waals surface area contributed by atoms with Gasteiger partial charge in [-0.25, -0.2) is 9.97 Å². The lowest BCUT2D eigenvalue weighted by atomic mass is 9.96. The van der Waals surface area contributed by atoms with E-state index >= 15 is 0 Å². The second-order valence-corrected chi connectivity index (χ2v) is 6.77. The molecule has 0 bridgehead atoms. The van der Waals surface area contributed by atoms with Gasteiger partial charge in [-0.05, 0) is 19.1 Å². The van der Waals surface area contributed by atoms with Crippen LogP contribution in [0.25, 0.3) is 11.0 Å².